The molecular formula is C36H40FN3O5S. The van der Waals surface area contributed by atoms with Crippen LogP contribution in [0.4, 0.5) is 10.1 Å². The molecule has 0 fully saturated rings. The average molecular weight is 646 g/mol. The highest BCUT2D eigenvalue weighted by molar-refractivity contribution is 7.92. The lowest BCUT2D eigenvalue weighted by molar-refractivity contribution is -0.140. The molecule has 0 aliphatic carbocycles. The van der Waals surface area contributed by atoms with Crippen molar-refractivity contribution in [3.8, 4) is 11.5 Å². The first-order valence-electron chi connectivity index (χ1n) is 15.3. The van der Waals surface area contributed by atoms with Crippen LogP contribution in [-0.4, -0.2) is 43.8 Å². The van der Waals surface area contributed by atoms with Gasteiger partial charge in [0.2, 0.25) is 11.8 Å². The summed E-state index contributed by atoms with van der Waals surface area (Å²) >= 11 is 0. The molecule has 4 rings (SSSR count). The Balaban J connectivity index is 1.72. The largest absolute Gasteiger partial charge is 0.457 e. The summed E-state index contributed by atoms with van der Waals surface area (Å²) in [6.45, 7) is 6.86. The number of carbonyl (C=O) groups excluding carboxylic acids is 2. The maximum Gasteiger partial charge on any atom is 0.264 e. The minimum atomic E-state index is -4.23. The van der Waals surface area contributed by atoms with Gasteiger partial charge in [0.1, 0.15) is 29.9 Å². The van der Waals surface area contributed by atoms with Crippen molar-refractivity contribution in [3.63, 3.8) is 0 Å². The number of aryl methyl sites for hydroxylation is 1. The fourth-order valence-corrected chi connectivity index (χ4v) is 6.23. The van der Waals surface area contributed by atoms with Gasteiger partial charge in [-0.3, -0.25) is 13.9 Å². The van der Waals surface area contributed by atoms with E-state index in [0.717, 1.165) is 9.87 Å². The maximum absolute atomic E-state index is 14.2. The molecule has 1 N–H and O–H groups in total. The number of nitrogens with one attached hydrogen (secondary N) is 1. The molecule has 10 heteroatoms. The number of rotatable bonds is 14. The number of carbonyl (C=O) groups is 2. The first kappa shape index (κ1) is 34.2. The Hall–Kier alpha value is -4.70. The summed E-state index contributed by atoms with van der Waals surface area (Å²) in [4.78, 5) is 29.0. The summed E-state index contributed by atoms with van der Waals surface area (Å²) in [5.74, 6) is -0.261. The van der Waals surface area contributed by atoms with E-state index in [0.29, 0.717) is 23.5 Å². The summed E-state index contributed by atoms with van der Waals surface area (Å²) in [6, 6.07) is 26.6. The maximum atomic E-state index is 14.2. The van der Waals surface area contributed by atoms with E-state index in [1.807, 2.05) is 39.0 Å². The topological polar surface area (TPSA) is 96.0 Å². The van der Waals surface area contributed by atoms with Gasteiger partial charge in [-0.05, 0) is 92.9 Å². The number of anilines is 1. The van der Waals surface area contributed by atoms with Crippen molar-refractivity contribution < 1.29 is 27.1 Å². The molecule has 4 aromatic carbocycles. The van der Waals surface area contributed by atoms with Gasteiger partial charge < -0.3 is 15.0 Å². The molecule has 0 aliphatic heterocycles. The second kappa shape index (κ2) is 15.5. The molecule has 46 heavy (non-hydrogen) atoms. The first-order chi connectivity index (χ1) is 22.0. The quantitative estimate of drug-likeness (QED) is 0.162. The normalized spacial score (nSPS) is 12.5. The van der Waals surface area contributed by atoms with Crippen LogP contribution in [0, 0.1) is 12.7 Å². The minimum absolute atomic E-state index is 0.0159. The zero-order valence-electron chi connectivity index (χ0n) is 26.5. The molecule has 0 bridgehead atoms. The lowest BCUT2D eigenvalue weighted by Crippen LogP contribution is -2.53. The highest BCUT2D eigenvalue weighted by atomic mass is 32.2. The molecule has 2 amide bonds. The summed E-state index contributed by atoms with van der Waals surface area (Å²) < 4.78 is 48.9. The van der Waals surface area contributed by atoms with Gasteiger partial charge in [-0.25, -0.2) is 12.8 Å². The van der Waals surface area contributed by atoms with Crippen LogP contribution in [0.25, 0.3) is 0 Å². The van der Waals surface area contributed by atoms with Crippen molar-refractivity contribution in [2.45, 2.75) is 64.1 Å². The van der Waals surface area contributed by atoms with Crippen molar-refractivity contribution in [2.75, 3.05) is 10.8 Å². The molecule has 2 unspecified atom stereocenters. The molecule has 0 spiro atoms. The van der Waals surface area contributed by atoms with E-state index in [1.165, 1.54) is 29.2 Å². The van der Waals surface area contributed by atoms with E-state index in [1.54, 1.807) is 67.6 Å². The number of hydrogen-bond acceptors (Lipinski definition) is 5. The molecule has 2 atom stereocenters. The third-order valence-electron chi connectivity index (χ3n) is 7.64. The molecule has 0 radical (unpaired) electrons. The molecule has 8 nitrogen and oxygen atoms in total. The van der Waals surface area contributed by atoms with Gasteiger partial charge >= 0.3 is 0 Å². The van der Waals surface area contributed by atoms with Crippen molar-refractivity contribution in [2.24, 2.45) is 0 Å². The average Bonchev–Trinajstić information content (AvgIpc) is 3.05. The van der Waals surface area contributed by atoms with Crippen molar-refractivity contribution in [1.82, 2.24) is 10.2 Å². The van der Waals surface area contributed by atoms with Crippen LogP contribution < -0.4 is 14.4 Å². The second-order valence-electron chi connectivity index (χ2n) is 11.1. The first-order valence-corrected chi connectivity index (χ1v) is 16.7. The van der Waals surface area contributed by atoms with E-state index in [9.17, 15) is 22.4 Å². The van der Waals surface area contributed by atoms with E-state index in [2.05, 4.69) is 5.32 Å². The van der Waals surface area contributed by atoms with Gasteiger partial charge in [-0.1, -0.05) is 61.9 Å². The Bertz CT molecular complexity index is 1700. The van der Waals surface area contributed by atoms with Gasteiger partial charge in [-0.2, -0.15) is 0 Å². The predicted octanol–water partition coefficient (Wildman–Crippen LogP) is 6.84. The lowest BCUT2D eigenvalue weighted by Gasteiger charge is -2.33. The SMILES string of the molecule is CCC(C)NC(=O)C(CC)N(Cc1ccc(F)cc1)C(=O)CN(c1ccc(Oc2ccccc2)cc1)S(=O)(=O)c1ccc(C)cc1. The molecule has 4 aromatic rings. The molecular weight excluding hydrogens is 605 g/mol. The Labute approximate surface area is 270 Å². The Kier molecular flexibility index (Phi) is 11.5. The fourth-order valence-electron chi connectivity index (χ4n) is 4.82. The Morgan fingerprint density at radius 2 is 1.43 bits per heavy atom. The lowest BCUT2D eigenvalue weighted by atomic mass is 10.1. The molecule has 242 valence electrons. The van der Waals surface area contributed by atoms with Crippen LogP contribution in [0.15, 0.2) is 108 Å². The number of amides is 2. The molecule has 0 saturated carbocycles. The highest BCUT2D eigenvalue weighted by Gasteiger charge is 2.34. The van der Waals surface area contributed by atoms with Crippen LogP contribution in [0.2, 0.25) is 0 Å². The van der Waals surface area contributed by atoms with E-state index in [4.69, 9.17) is 4.74 Å². The van der Waals surface area contributed by atoms with E-state index in [-0.39, 0.29) is 35.5 Å². The van der Waals surface area contributed by atoms with Crippen molar-refractivity contribution >= 4 is 27.5 Å². The number of sulfonamides is 1. The van der Waals surface area contributed by atoms with Gasteiger partial charge in [0.05, 0.1) is 10.6 Å². The molecule has 0 aromatic heterocycles. The van der Waals surface area contributed by atoms with Crippen molar-refractivity contribution in [3.05, 3.63) is 120 Å². The zero-order valence-corrected chi connectivity index (χ0v) is 27.3. The minimum Gasteiger partial charge on any atom is -0.457 e. The Morgan fingerprint density at radius 3 is 2.02 bits per heavy atom. The number of halogens is 1. The van der Waals surface area contributed by atoms with Gasteiger partial charge in [0.25, 0.3) is 10.0 Å². The third-order valence-corrected chi connectivity index (χ3v) is 9.43. The standard InChI is InChI=1S/C36H40FN3O5S/c1-5-27(4)38-36(42)34(6-2)39(24-28-14-16-29(37)17-15-28)35(41)25-40(46(43,44)33-22-12-26(3)13-23-33)30-18-20-32(21-19-30)45-31-10-8-7-9-11-31/h7-23,27,34H,5-6,24-25H2,1-4H3,(H,38,42). The highest BCUT2D eigenvalue weighted by Crippen LogP contribution is 2.29. The van der Waals surface area contributed by atoms with E-state index < -0.39 is 34.3 Å². The monoisotopic (exact) mass is 645 g/mol. The smallest absolute Gasteiger partial charge is 0.264 e. The van der Waals surface area contributed by atoms with E-state index >= 15 is 0 Å². The van der Waals surface area contributed by atoms with Crippen LogP contribution in [0.1, 0.15) is 44.7 Å². The number of benzene rings is 4. The number of ether oxygens (including phenoxy) is 1. The number of para-hydroxylation sites is 1. The van der Waals surface area contributed by atoms with Crippen LogP contribution in [-0.2, 0) is 26.2 Å². The van der Waals surface area contributed by atoms with Gasteiger partial charge in [0.15, 0.2) is 0 Å². The van der Waals surface area contributed by atoms with Crippen molar-refractivity contribution in [1.29, 1.82) is 0 Å². The second-order valence-corrected chi connectivity index (χ2v) is 13.0. The fraction of sp³-hybridized carbons (Fsp3) is 0.278. The summed E-state index contributed by atoms with van der Waals surface area (Å²) in [5, 5.41) is 2.94. The van der Waals surface area contributed by atoms with Crippen LogP contribution in [0.3, 0.4) is 0 Å². The van der Waals surface area contributed by atoms with Crippen LogP contribution in [0.5, 0.6) is 11.5 Å². The molecule has 0 heterocycles. The Morgan fingerprint density at radius 1 is 0.826 bits per heavy atom. The number of hydrogen-bond donors (Lipinski definition) is 1. The molecule has 0 aliphatic rings. The predicted molar refractivity (Wildman–Crippen MR) is 178 cm³/mol. The third kappa shape index (κ3) is 8.72. The summed E-state index contributed by atoms with van der Waals surface area (Å²) in [6.07, 6.45) is 0.978. The van der Waals surface area contributed by atoms with Gasteiger partial charge in [-0.15, -0.1) is 0 Å². The molecule has 0 saturated heterocycles. The summed E-state index contributed by atoms with van der Waals surface area (Å²) in [7, 11) is -4.23. The number of nitrogens with zero attached hydrogens (tertiary/aromatic N) is 2. The van der Waals surface area contributed by atoms with Crippen LogP contribution >= 0.6 is 0 Å². The summed E-state index contributed by atoms with van der Waals surface area (Å²) in [5.41, 5.74) is 1.72. The zero-order chi connectivity index (χ0) is 33.3. The van der Waals surface area contributed by atoms with Gasteiger partial charge in [0, 0.05) is 12.6 Å².